The summed E-state index contributed by atoms with van der Waals surface area (Å²) in [4.78, 5) is 6.54. The van der Waals surface area contributed by atoms with Crippen molar-refractivity contribution in [2.45, 2.75) is 6.54 Å². The highest BCUT2D eigenvalue weighted by atomic mass is 19.1. The maximum atomic E-state index is 13.7. The molecule has 1 unspecified atom stereocenters. The lowest BCUT2D eigenvalue weighted by atomic mass is 10.2. The van der Waals surface area contributed by atoms with Crippen LogP contribution in [0.1, 0.15) is 5.89 Å². The molecular weight excluding hydrogens is 271 g/mol. The molecule has 3 atom stereocenters. The largest absolute Gasteiger partial charge is 0.439 e. The Morgan fingerprint density at radius 3 is 2.76 bits per heavy atom. The van der Waals surface area contributed by atoms with E-state index in [0.717, 1.165) is 13.1 Å². The van der Waals surface area contributed by atoms with Crippen LogP contribution < -0.4 is 0 Å². The monoisotopic (exact) mass is 288 g/mol. The fourth-order valence-electron chi connectivity index (χ4n) is 3.50. The topological polar surface area (TPSA) is 49.5 Å². The molecule has 0 spiro atoms. The van der Waals surface area contributed by atoms with Crippen LogP contribution >= 0.6 is 0 Å². The third-order valence-electron chi connectivity index (χ3n) is 4.71. The third-order valence-corrected chi connectivity index (χ3v) is 4.71. The normalized spacial score (nSPS) is 27.8. The van der Waals surface area contributed by atoms with Gasteiger partial charge < -0.3 is 9.52 Å². The first-order valence-electron chi connectivity index (χ1n) is 7.29. The van der Waals surface area contributed by atoms with Crippen LogP contribution in [0.5, 0.6) is 0 Å². The SMILES string of the molecule is OCC1[C@H]2CN(Cc3ncc(-c4ccccc4F)o3)C[C@@H]12. The second-order valence-corrected chi connectivity index (χ2v) is 5.97. The maximum absolute atomic E-state index is 13.7. The molecule has 2 heterocycles. The van der Waals surface area contributed by atoms with Crippen LogP contribution in [0, 0.1) is 23.6 Å². The number of fused-ring (bicyclic) bond motifs is 1. The van der Waals surface area contributed by atoms with E-state index in [-0.39, 0.29) is 5.82 Å². The maximum Gasteiger partial charge on any atom is 0.209 e. The van der Waals surface area contributed by atoms with Crippen molar-refractivity contribution < 1.29 is 13.9 Å². The lowest BCUT2D eigenvalue weighted by molar-refractivity contribution is 0.208. The second kappa shape index (κ2) is 4.93. The molecule has 4 rings (SSSR count). The number of hydrogen-bond donors (Lipinski definition) is 1. The molecule has 4 nitrogen and oxygen atoms in total. The molecule has 2 aliphatic rings. The Labute approximate surface area is 122 Å². The summed E-state index contributed by atoms with van der Waals surface area (Å²) in [7, 11) is 0. The molecule has 1 aromatic carbocycles. The van der Waals surface area contributed by atoms with E-state index < -0.39 is 0 Å². The van der Waals surface area contributed by atoms with E-state index >= 15 is 0 Å². The van der Waals surface area contributed by atoms with E-state index in [9.17, 15) is 4.39 Å². The summed E-state index contributed by atoms with van der Waals surface area (Å²) in [6.45, 7) is 2.94. The number of piperidine rings is 1. The standard InChI is InChI=1S/C16H17FN2O2/c17-14-4-2-1-3-10(14)15-5-18-16(21-15)8-19-6-11-12(7-19)13(11)9-20/h1-5,11-13,20H,6-9H2/t11-,12+,13?. The first-order valence-corrected chi connectivity index (χ1v) is 7.29. The minimum atomic E-state index is -0.298. The number of halogens is 1. The van der Waals surface area contributed by atoms with E-state index in [2.05, 4.69) is 9.88 Å². The van der Waals surface area contributed by atoms with E-state index in [0.29, 0.717) is 48.1 Å². The predicted octanol–water partition coefficient (Wildman–Crippen LogP) is 2.15. The van der Waals surface area contributed by atoms with Crippen molar-refractivity contribution >= 4 is 0 Å². The van der Waals surface area contributed by atoms with E-state index in [1.807, 2.05) is 0 Å². The highest BCUT2D eigenvalue weighted by Gasteiger charge is 2.54. The van der Waals surface area contributed by atoms with E-state index in [4.69, 9.17) is 9.52 Å². The van der Waals surface area contributed by atoms with Gasteiger partial charge in [-0.2, -0.15) is 0 Å². The van der Waals surface area contributed by atoms with Crippen molar-refractivity contribution in [3.8, 4) is 11.3 Å². The van der Waals surface area contributed by atoms with Gasteiger partial charge in [-0.1, -0.05) is 12.1 Å². The van der Waals surface area contributed by atoms with Crippen LogP contribution in [0.3, 0.4) is 0 Å². The van der Waals surface area contributed by atoms with E-state index in [1.54, 1.807) is 24.4 Å². The number of oxazole rings is 1. The van der Waals surface area contributed by atoms with Crippen LogP contribution in [0.2, 0.25) is 0 Å². The quantitative estimate of drug-likeness (QED) is 0.936. The lowest BCUT2D eigenvalue weighted by Crippen LogP contribution is -2.24. The van der Waals surface area contributed by atoms with Gasteiger partial charge in [-0.3, -0.25) is 4.90 Å². The first kappa shape index (κ1) is 13.0. The summed E-state index contributed by atoms with van der Waals surface area (Å²) in [5.74, 6) is 2.57. The van der Waals surface area contributed by atoms with Crippen LogP contribution in [0.15, 0.2) is 34.9 Å². The Kier molecular flexibility index (Phi) is 3.05. The third kappa shape index (κ3) is 2.26. The number of rotatable bonds is 4. The molecule has 2 fully saturated rings. The van der Waals surface area contributed by atoms with Gasteiger partial charge in [-0.25, -0.2) is 9.37 Å². The van der Waals surface area contributed by atoms with Crippen LogP contribution in [0.25, 0.3) is 11.3 Å². The average molecular weight is 288 g/mol. The summed E-state index contributed by atoms with van der Waals surface area (Å²) in [5.41, 5.74) is 0.445. The van der Waals surface area contributed by atoms with Crippen LogP contribution in [0.4, 0.5) is 4.39 Å². The van der Waals surface area contributed by atoms with Gasteiger partial charge in [0.1, 0.15) is 5.82 Å². The zero-order chi connectivity index (χ0) is 14.4. The minimum absolute atomic E-state index is 0.298. The molecule has 1 aliphatic carbocycles. The number of aliphatic hydroxyl groups excluding tert-OH is 1. The van der Waals surface area contributed by atoms with Gasteiger partial charge in [0.25, 0.3) is 0 Å². The highest BCUT2D eigenvalue weighted by molar-refractivity contribution is 5.56. The zero-order valence-corrected chi connectivity index (χ0v) is 11.6. The molecule has 1 aliphatic heterocycles. The summed E-state index contributed by atoms with van der Waals surface area (Å²) in [5, 5.41) is 9.16. The Balaban J connectivity index is 1.43. The van der Waals surface area contributed by atoms with Crippen LogP contribution in [-0.2, 0) is 6.54 Å². The number of aromatic nitrogens is 1. The minimum Gasteiger partial charge on any atom is -0.439 e. The molecule has 0 amide bonds. The molecule has 1 N–H and O–H groups in total. The Morgan fingerprint density at radius 1 is 1.29 bits per heavy atom. The Bertz CT molecular complexity index is 645. The number of likely N-dealkylation sites (tertiary alicyclic amines) is 1. The predicted molar refractivity (Wildman–Crippen MR) is 74.7 cm³/mol. The van der Waals surface area contributed by atoms with Gasteiger partial charge in [-0.15, -0.1) is 0 Å². The fraction of sp³-hybridized carbons (Fsp3) is 0.438. The molecule has 21 heavy (non-hydrogen) atoms. The fourth-order valence-corrected chi connectivity index (χ4v) is 3.50. The zero-order valence-electron chi connectivity index (χ0n) is 11.6. The molecular formula is C16H17FN2O2. The molecule has 1 aromatic heterocycles. The molecule has 5 heteroatoms. The molecule has 2 aromatic rings. The summed E-state index contributed by atoms with van der Waals surface area (Å²) < 4.78 is 19.4. The lowest BCUT2D eigenvalue weighted by Gasteiger charge is -2.16. The molecule has 0 radical (unpaired) electrons. The first-order chi connectivity index (χ1) is 10.3. The van der Waals surface area contributed by atoms with Crippen molar-refractivity contribution in [3.63, 3.8) is 0 Å². The number of aliphatic hydroxyl groups is 1. The van der Waals surface area contributed by atoms with Gasteiger partial charge in [0.2, 0.25) is 5.89 Å². The molecule has 0 bridgehead atoms. The summed E-state index contributed by atoms with van der Waals surface area (Å²) >= 11 is 0. The molecule has 110 valence electrons. The van der Waals surface area contributed by atoms with Crippen LogP contribution in [-0.4, -0.2) is 34.7 Å². The van der Waals surface area contributed by atoms with Gasteiger partial charge in [0.05, 0.1) is 18.3 Å². The molecule has 1 saturated heterocycles. The van der Waals surface area contributed by atoms with Crippen molar-refractivity contribution in [2.24, 2.45) is 17.8 Å². The highest BCUT2D eigenvalue weighted by Crippen LogP contribution is 2.51. The van der Waals surface area contributed by atoms with Crippen molar-refractivity contribution in [1.29, 1.82) is 0 Å². The Morgan fingerprint density at radius 2 is 2.05 bits per heavy atom. The van der Waals surface area contributed by atoms with Gasteiger partial charge in [-0.05, 0) is 29.9 Å². The number of benzene rings is 1. The average Bonchev–Trinajstić information content (AvgIpc) is 2.84. The van der Waals surface area contributed by atoms with Gasteiger partial charge >= 0.3 is 0 Å². The Hall–Kier alpha value is -1.72. The second-order valence-electron chi connectivity index (χ2n) is 5.97. The van der Waals surface area contributed by atoms with Crippen molar-refractivity contribution in [1.82, 2.24) is 9.88 Å². The van der Waals surface area contributed by atoms with Crippen molar-refractivity contribution in [2.75, 3.05) is 19.7 Å². The summed E-state index contributed by atoms with van der Waals surface area (Å²) in [6.07, 6.45) is 1.58. The number of nitrogens with zero attached hydrogens (tertiary/aromatic N) is 2. The van der Waals surface area contributed by atoms with Crippen molar-refractivity contribution in [3.05, 3.63) is 42.2 Å². The molecule has 1 saturated carbocycles. The summed E-state index contributed by atoms with van der Waals surface area (Å²) in [6, 6.07) is 6.55. The van der Waals surface area contributed by atoms with E-state index in [1.165, 1.54) is 6.07 Å². The van der Waals surface area contributed by atoms with Gasteiger partial charge in [0.15, 0.2) is 5.76 Å². The number of hydrogen-bond acceptors (Lipinski definition) is 4. The van der Waals surface area contributed by atoms with Gasteiger partial charge in [0, 0.05) is 19.7 Å². The smallest absolute Gasteiger partial charge is 0.209 e.